The van der Waals surface area contributed by atoms with Crippen LogP contribution in [0.3, 0.4) is 0 Å². The lowest BCUT2D eigenvalue weighted by Gasteiger charge is -2.11. The van der Waals surface area contributed by atoms with Gasteiger partial charge in [0.1, 0.15) is 5.82 Å². The van der Waals surface area contributed by atoms with Crippen LogP contribution in [0, 0.1) is 5.82 Å². The van der Waals surface area contributed by atoms with E-state index in [1.165, 1.54) is 32.4 Å². The molecule has 0 fully saturated rings. The Balaban J connectivity index is 1.81. The topological polar surface area (TPSA) is 73.9 Å². The summed E-state index contributed by atoms with van der Waals surface area (Å²) in [5, 5.41) is 2.75. The lowest BCUT2D eigenvalue weighted by molar-refractivity contribution is -0.147. The summed E-state index contributed by atoms with van der Waals surface area (Å²) in [5.41, 5.74) is 0.820. The number of carbonyl (C=O) groups is 2. The fraction of sp³-hybridized carbons (Fsp3) is 0.263. The molecule has 0 unspecified atom stereocenters. The van der Waals surface area contributed by atoms with Crippen molar-refractivity contribution in [2.24, 2.45) is 0 Å². The molecule has 0 aromatic heterocycles. The highest BCUT2D eigenvalue weighted by Crippen LogP contribution is 2.27. The molecule has 2 aromatic rings. The van der Waals surface area contributed by atoms with E-state index in [2.05, 4.69) is 5.32 Å². The lowest BCUT2D eigenvalue weighted by atomic mass is 10.1. The van der Waals surface area contributed by atoms with Crippen LogP contribution in [-0.4, -0.2) is 32.7 Å². The van der Waals surface area contributed by atoms with Crippen LogP contribution in [0.2, 0.25) is 5.02 Å². The fourth-order valence-electron chi connectivity index (χ4n) is 2.28. The summed E-state index contributed by atoms with van der Waals surface area (Å²) in [6, 6.07) is 9.33. The van der Waals surface area contributed by atoms with E-state index in [-0.39, 0.29) is 23.6 Å². The number of hydrogen-bond donors (Lipinski definition) is 1. The molecule has 2 aromatic carbocycles. The zero-order valence-electron chi connectivity index (χ0n) is 14.9. The summed E-state index contributed by atoms with van der Waals surface area (Å²) in [6.07, 6.45) is -0.353. The first kappa shape index (κ1) is 20.5. The molecule has 0 saturated carbocycles. The molecule has 1 amide bonds. The van der Waals surface area contributed by atoms with Crippen molar-refractivity contribution >= 4 is 23.5 Å². The number of rotatable bonds is 8. The maximum absolute atomic E-state index is 13.6. The largest absolute Gasteiger partial charge is 0.493 e. The predicted molar refractivity (Wildman–Crippen MR) is 97.5 cm³/mol. The highest BCUT2D eigenvalue weighted by molar-refractivity contribution is 6.31. The maximum Gasteiger partial charge on any atom is 0.310 e. The molecule has 1 N–H and O–H groups in total. The van der Waals surface area contributed by atoms with E-state index in [1.54, 1.807) is 18.2 Å². The predicted octanol–water partition coefficient (Wildman–Crippen LogP) is 2.90. The van der Waals surface area contributed by atoms with E-state index in [9.17, 15) is 14.0 Å². The molecule has 6 nitrogen and oxygen atoms in total. The van der Waals surface area contributed by atoms with Crippen molar-refractivity contribution in [3.8, 4) is 11.5 Å². The van der Waals surface area contributed by atoms with Crippen molar-refractivity contribution < 1.29 is 28.2 Å². The summed E-state index contributed by atoms with van der Waals surface area (Å²) in [4.78, 5) is 23.6. The van der Waals surface area contributed by atoms with Gasteiger partial charge in [-0.2, -0.15) is 0 Å². The summed E-state index contributed by atoms with van der Waals surface area (Å²) in [7, 11) is 3.05. The van der Waals surface area contributed by atoms with Gasteiger partial charge in [-0.1, -0.05) is 23.7 Å². The van der Waals surface area contributed by atoms with E-state index in [1.807, 2.05) is 0 Å². The third-order valence-corrected chi connectivity index (χ3v) is 4.04. The van der Waals surface area contributed by atoms with Gasteiger partial charge >= 0.3 is 5.97 Å². The van der Waals surface area contributed by atoms with E-state index in [4.69, 9.17) is 25.8 Å². The monoisotopic (exact) mass is 395 g/mol. The Morgan fingerprint density at radius 2 is 1.85 bits per heavy atom. The van der Waals surface area contributed by atoms with Crippen molar-refractivity contribution in [2.45, 2.75) is 13.0 Å². The zero-order chi connectivity index (χ0) is 19.8. The van der Waals surface area contributed by atoms with Gasteiger partial charge in [-0.3, -0.25) is 9.59 Å². The van der Waals surface area contributed by atoms with E-state index >= 15 is 0 Å². The molecule has 0 heterocycles. The third kappa shape index (κ3) is 5.86. The number of hydrogen-bond acceptors (Lipinski definition) is 5. The molecule has 8 heteroatoms. The van der Waals surface area contributed by atoms with Gasteiger partial charge in [0, 0.05) is 17.1 Å². The summed E-state index contributed by atoms with van der Waals surface area (Å²) < 4.78 is 28.8. The molecule has 144 valence electrons. The molecular weight excluding hydrogens is 377 g/mol. The Kier molecular flexibility index (Phi) is 7.43. The number of benzene rings is 2. The number of esters is 1. The fourth-order valence-corrected chi connectivity index (χ4v) is 2.51. The van der Waals surface area contributed by atoms with Crippen molar-refractivity contribution in [3.05, 3.63) is 58.4 Å². The Morgan fingerprint density at radius 3 is 2.52 bits per heavy atom. The summed E-state index contributed by atoms with van der Waals surface area (Å²) >= 11 is 5.85. The first-order valence-electron chi connectivity index (χ1n) is 8.00. The van der Waals surface area contributed by atoms with Gasteiger partial charge in [-0.05, 0) is 29.8 Å². The average molecular weight is 396 g/mol. The SMILES string of the molecule is COc1ccc(CNC(=O)COC(=O)Cc2c(F)cccc2Cl)cc1OC. The summed E-state index contributed by atoms with van der Waals surface area (Å²) in [5.74, 6) is -0.718. The zero-order valence-corrected chi connectivity index (χ0v) is 15.6. The standard InChI is InChI=1S/C19H19ClFNO5/c1-25-16-7-6-12(8-17(16)26-2)10-22-18(23)11-27-19(24)9-13-14(20)4-3-5-15(13)21/h3-8H,9-11H2,1-2H3,(H,22,23). The first-order chi connectivity index (χ1) is 12.9. The van der Waals surface area contributed by atoms with E-state index in [0.29, 0.717) is 11.5 Å². The molecule has 0 saturated heterocycles. The molecule has 0 radical (unpaired) electrons. The minimum Gasteiger partial charge on any atom is -0.493 e. The first-order valence-corrected chi connectivity index (χ1v) is 8.38. The van der Waals surface area contributed by atoms with Crippen LogP contribution < -0.4 is 14.8 Å². The van der Waals surface area contributed by atoms with E-state index in [0.717, 1.165) is 5.56 Å². The second-order valence-corrected chi connectivity index (χ2v) is 5.91. The molecule has 0 spiro atoms. The van der Waals surface area contributed by atoms with Gasteiger partial charge in [0.15, 0.2) is 18.1 Å². The molecule has 0 aliphatic heterocycles. The van der Waals surface area contributed by atoms with Gasteiger partial charge in [0.2, 0.25) is 0 Å². The molecule has 27 heavy (non-hydrogen) atoms. The van der Waals surface area contributed by atoms with Crippen LogP contribution >= 0.6 is 11.6 Å². The number of nitrogens with one attached hydrogen (secondary N) is 1. The molecule has 0 aliphatic carbocycles. The van der Waals surface area contributed by atoms with Crippen molar-refractivity contribution in [1.82, 2.24) is 5.32 Å². The van der Waals surface area contributed by atoms with Crippen LogP contribution in [0.5, 0.6) is 11.5 Å². The molecule has 2 rings (SSSR count). The van der Waals surface area contributed by atoms with Gasteiger partial charge < -0.3 is 19.5 Å². The van der Waals surface area contributed by atoms with Crippen molar-refractivity contribution in [2.75, 3.05) is 20.8 Å². The maximum atomic E-state index is 13.6. The number of methoxy groups -OCH3 is 2. The van der Waals surface area contributed by atoms with Crippen molar-refractivity contribution in [1.29, 1.82) is 0 Å². The molecule has 0 bridgehead atoms. The molecule has 0 aliphatic rings. The number of amides is 1. The van der Waals surface area contributed by atoms with E-state index < -0.39 is 24.3 Å². The summed E-state index contributed by atoms with van der Waals surface area (Å²) in [6.45, 7) is -0.256. The Bertz CT molecular complexity index is 807. The quantitative estimate of drug-likeness (QED) is 0.696. The second-order valence-electron chi connectivity index (χ2n) is 5.50. The minimum atomic E-state index is -0.747. The minimum absolute atomic E-state index is 0.0369. The number of carbonyl (C=O) groups excluding carboxylic acids is 2. The Hall–Kier alpha value is -2.80. The third-order valence-electron chi connectivity index (χ3n) is 3.68. The highest BCUT2D eigenvalue weighted by Gasteiger charge is 2.14. The highest BCUT2D eigenvalue weighted by atomic mass is 35.5. The normalized spacial score (nSPS) is 10.2. The van der Waals surface area contributed by atoms with Gasteiger partial charge in [0.05, 0.1) is 20.6 Å². The van der Waals surface area contributed by atoms with Gasteiger partial charge in [-0.15, -0.1) is 0 Å². The van der Waals surface area contributed by atoms with Gasteiger partial charge in [0.25, 0.3) is 5.91 Å². The molecular formula is C19H19ClFNO5. The second kappa shape index (κ2) is 9.78. The lowest BCUT2D eigenvalue weighted by Crippen LogP contribution is -2.28. The number of ether oxygens (including phenoxy) is 3. The Labute approximate surface area is 161 Å². The van der Waals surface area contributed by atoms with Crippen LogP contribution in [0.15, 0.2) is 36.4 Å². The van der Waals surface area contributed by atoms with Crippen LogP contribution in [0.4, 0.5) is 4.39 Å². The van der Waals surface area contributed by atoms with Crippen LogP contribution in [-0.2, 0) is 27.3 Å². The Morgan fingerprint density at radius 1 is 1.11 bits per heavy atom. The van der Waals surface area contributed by atoms with Crippen molar-refractivity contribution in [3.63, 3.8) is 0 Å². The van der Waals surface area contributed by atoms with Crippen LogP contribution in [0.25, 0.3) is 0 Å². The number of halogens is 2. The molecule has 0 atom stereocenters. The van der Waals surface area contributed by atoms with Crippen LogP contribution in [0.1, 0.15) is 11.1 Å². The van der Waals surface area contributed by atoms with Gasteiger partial charge in [-0.25, -0.2) is 4.39 Å². The smallest absolute Gasteiger partial charge is 0.310 e. The average Bonchev–Trinajstić information content (AvgIpc) is 2.67.